The van der Waals surface area contributed by atoms with E-state index >= 15 is 0 Å². The third kappa shape index (κ3) is 2.25. The minimum absolute atomic E-state index is 0.294. The zero-order chi connectivity index (χ0) is 14.1. The van der Waals surface area contributed by atoms with E-state index in [1.807, 2.05) is 24.3 Å². The average molecular weight is 283 g/mol. The minimum Gasteiger partial charge on any atom is -0.508 e. The number of phenolic OH excluding ortho intramolecular Hbond substituents is 1. The van der Waals surface area contributed by atoms with Crippen LogP contribution in [0.4, 0.5) is 0 Å². The molecule has 0 fully saturated rings. The Morgan fingerprint density at radius 1 is 0.950 bits per heavy atom. The van der Waals surface area contributed by atoms with Gasteiger partial charge in [0.1, 0.15) is 5.75 Å². The molecule has 3 aromatic rings. The first kappa shape index (κ1) is 13.0. The Bertz CT molecular complexity index is 777. The molecule has 100 valence electrons. The second-order valence-electron chi connectivity index (χ2n) is 4.87. The molecule has 0 aliphatic rings. The lowest BCUT2D eigenvalue weighted by Crippen LogP contribution is -1.89. The van der Waals surface area contributed by atoms with Crippen LogP contribution in [-0.4, -0.2) is 5.11 Å². The molecule has 3 aromatic carbocycles. The molecule has 0 aliphatic carbocycles. The summed E-state index contributed by atoms with van der Waals surface area (Å²) in [5.41, 5.74) is 3.50. The highest BCUT2D eigenvalue weighted by Gasteiger charge is 2.08. The number of benzene rings is 3. The van der Waals surface area contributed by atoms with E-state index in [1.54, 1.807) is 12.1 Å². The molecule has 2 heteroatoms. The Hall–Kier alpha value is -1.99. The molecule has 0 saturated carbocycles. The summed E-state index contributed by atoms with van der Waals surface area (Å²) in [4.78, 5) is 0. The van der Waals surface area contributed by atoms with E-state index in [-0.39, 0.29) is 0 Å². The van der Waals surface area contributed by atoms with Crippen LogP contribution in [0, 0.1) is 0 Å². The highest BCUT2D eigenvalue weighted by atomic mass is 35.5. The van der Waals surface area contributed by atoms with Crippen molar-refractivity contribution in [2.45, 2.75) is 13.3 Å². The smallest absolute Gasteiger partial charge is 0.116 e. The Balaban J connectivity index is 2.20. The first-order valence-electron chi connectivity index (χ1n) is 6.69. The van der Waals surface area contributed by atoms with Gasteiger partial charge in [-0.2, -0.15) is 0 Å². The van der Waals surface area contributed by atoms with Gasteiger partial charge in [0, 0.05) is 5.02 Å². The number of aromatic hydroxyl groups is 1. The van der Waals surface area contributed by atoms with E-state index in [4.69, 9.17) is 11.6 Å². The van der Waals surface area contributed by atoms with Gasteiger partial charge in [-0.25, -0.2) is 0 Å². The minimum atomic E-state index is 0.294. The van der Waals surface area contributed by atoms with Crippen molar-refractivity contribution < 1.29 is 5.11 Å². The summed E-state index contributed by atoms with van der Waals surface area (Å²) < 4.78 is 0. The van der Waals surface area contributed by atoms with Gasteiger partial charge < -0.3 is 5.11 Å². The Morgan fingerprint density at radius 2 is 1.70 bits per heavy atom. The highest BCUT2D eigenvalue weighted by Crippen LogP contribution is 2.32. The van der Waals surface area contributed by atoms with Crippen LogP contribution in [0.3, 0.4) is 0 Å². The van der Waals surface area contributed by atoms with Crippen LogP contribution in [-0.2, 0) is 6.42 Å². The van der Waals surface area contributed by atoms with Crippen molar-refractivity contribution in [2.75, 3.05) is 0 Å². The van der Waals surface area contributed by atoms with Gasteiger partial charge in [-0.15, -0.1) is 0 Å². The van der Waals surface area contributed by atoms with Crippen LogP contribution >= 0.6 is 11.6 Å². The maximum Gasteiger partial charge on any atom is 0.116 e. The molecule has 20 heavy (non-hydrogen) atoms. The van der Waals surface area contributed by atoms with Gasteiger partial charge in [0.15, 0.2) is 0 Å². The molecule has 0 heterocycles. The standard InChI is InChI=1S/C18H15ClO/c1-2-16-17(4-3-5-18(16)19)14-7-6-13-11-15(20)9-8-12(13)10-14/h3-11,20H,2H2,1H3. The molecule has 1 nitrogen and oxygen atoms in total. The number of phenols is 1. The zero-order valence-electron chi connectivity index (χ0n) is 11.2. The van der Waals surface area contributed by atoms with E-state index < -0.39 is 0 Å². The second-order valence-corrected chi connectivity index (χ2v) is 5.27. The quantitative estimate of drug-likeness (QED) is 0.664. The summed E-state index contributed by atoms with van der Waals surface area (Å²) in [6.07, 6.45) is 0.905. The van der Waals surface area contributed by atoms with Crippen molar-refractivity contribution in [3.8, 4) is 16.9 Å². The van der Waals surface area contributed by atoms with Gasteiger partial charge in [0.25, 0.3) is 0 Å². The van der Waals surface area contributed by atoms with E-state index in [0.29, 0.717) is 5.75 Å². The molecule has 1 N–H and O–H groups in total. The Labute approximate surface area is 123 Å². The fourth-order valence-corrected chi connectivity index (χ4v) is 2.90. The van der Waals surface area contributed by atoms with Gasteiger partial charge in [0.05, 0.1) is 0 Å². The number of rotatable bonds is 2. The molecule has 0 amide bonds. The summed E-state index contributed by atoms with van der Waals surface area (Å²) in [5.74, 6) is 0.294. The van der Waals surface area contributed by atoms with Crippen molar-refractivity contribution in [1.82, 2.24) is 0 Å². The monoisotopic (exact) mass is 282 g/mol. The van der Waals surface area contributed by atoms with Crippen molar-refractivity contribution in [2.24, 2.45) is 0 Å². The topological polar surface area (TPSA) is 20.2 Å². The average Bonchev–Trinajstić information content (AvgIpc) is 2.46. The first-order valence-corrected chi connectivity index (χ1v) is 7.07. The number of hydrogen-bond acceptors (Lipinski definition) is 1. The number of fused-ring (bicyclic) bond motifs is 1. The third-order valence-corrected chi connectivity index (χ3v) is 3.96. The number of hydrogen-bond donors (Lipinski definition) is 1. The van der Waals surface area contributed by atoms with Crippen molar-refractivity contribution >= 4 is 22.4 Å². The highest BCUT2D eigenvalue weighted by molar-refractivity contribution is 6.31. The summed E-state index contributed by atoms with van der Waals surface area (Å²) in [6, 6.07) is 17.7. The zero-order valence-corrected chi connectivity index (χ0v) is 12.0. The first-order chi connectivity index (χ1) is 9.69. The molecule has 0 radical (unpaired) electrons. The van der Waals surface area contributed by atoms with Gasteiger partial charge in [-0.1, -0.05) is 48.9 Å². The second kappa shape index (κ2) is 5.18. The molecule has 0 bridgehead atoms. The Kier molecular flexibility index (Phi) is 3.37. The maximum atomic E-state index is 9.52. The molecule has 0 aliphatic heterocycles. The fraction of sp³-hybridized carbons (Fsp3) is 0.111. The van der Waals surface area contributed by atoms with Gasteiger partial charge in [-0.05, 0) is 58.1 Å². The number of halogens is 1. The third-order valence-electron chi connectivity index (χ3n) is 3.61. The molecular weight excluding hydrogens is 268 g/mol. The van der Waals surface area contributed by atoms with Crippen LogP contribution in [0.2, 0.25) is 5.02 Å². The molecule has 0 aromatic heterocycles. The SMILES string of the molecule is CCc1c(Cl)cccc1-c1ccc2cc(O)ccc2c1. The van der Waals surface area contributed by atoms with Gasteiger partial charge in [0.2, 0.25) is 0 Å². The van der Waals surface area contributed by atoms with Crippen LogP contribution in [0.25, 0.3) is 21.9 Å². The van der Waals surface area contributed by atoms with Crippen molar-refractivity contribution in [3.05, 3.63) is 65.2 Å². The molecular formula is C18H15ClO. The van der Waals surface area contributed by atoms with Crippen LogP contribution in [0.1, 0.15) is 12.5 Å². The summed E-state index contributed by atoms with van der Waals surface area (Å²) in [5, 5.41) is 12.5. The van der Waals surface area contributed by atoms with Crippen molar-refractivity contribution in [1.29, 1.82) is 0 Å². The lowest BCUT2D eigenvalue weighted by molar-refractivity contribution is 0.476. The van der Waals surface area contributed by atoms with E-state index in [9.17, 15) is 5.11 Å². The predicted octanol–water partition coefficient (Wildman–Crippen LogP) is 5.43. The lowest BCUT2D eigenvalue weighted by atomic mass is 9.96. The van der Waals surface area contributed by atoms with E-state index in [1.165, 1.54) is 11.1 Å². The molecule has 0 spiro atoms. The van der Waals surface area contributed by atoms with Gasteiger partial charge in [-0.3, -0.25) is 0 Å². The summed E-state index contributed by atoms with van der Waals surface area (Å²) in [6.45, 7) is 2.11. The maximum absolute atomic E-state index is 9.52. The summed E-state index contributed by atoms with van der Waals surface area (Å²) in [7, 11) is 0. The Morgan fingerprint density at radius 3 is 2.50 bits per heavy atom. The lowest BCUT2D eigenvalue weighted by Gasteiger charge is -2.11. The van der Waals surface area contributed by atoms with Crippen LogP contribution < -0.4 is 0 Å². The fourth-order valence-electron chi connectivity index (χ4n) is 2.59. The van der Waals surface area contributed by atoms with Crippen LogP contribution in [0.5, 0.6) is 5.75 Å². The predicted molar refractivity (Wildman–Crippen MR) is 85.4 cm³/mol. The largest absolute Gasteiger partial charge is 0.508 e. The van der Waals surface area contributed by atoms with E-state index in [0.717, 1.165) is 27.8 Å². The van der Waals surface area contributed by atoms with E-state index in [2.05, 4.69) is 25.1 Å². The summed E-state index contributed by atoms with van der Waals surface area (Å²) >= 11 is 6.29. The normalized spacial score (nSPS) is 10.9. The van der Waals surface area contributed by atoms with Crippen LogP contribution in [0.15, 0.2) is 54.6 Å². The van der Waals surface area contributed by atoms with Crippen molar-refractivity contribution in [3.63, 3.8) is 0 Å². The molecule has 0 saturated heterocycles. The van der Waals surface area contributed by atoms with Gasteiger partial charge >= 0.3 is 0 Å². The molecule has 0 atom stereocenters. The molecule has 0 unspecified atom stereocenters. The molecule has 3 rings (SSSR count).